The molecule has 26 heavy (non-hydrogen) atoms. The molecular weight excluding hydrogens is 395 g/mol. The molecule has 0 aliphatic carbocycles. The minimum absolute atomic E-state index is 0.0399. The first-order chi connectivity index (χ1) is 11.9. The Bertz CT molecular complexity index is 928. The van der Waals surface area contributed by atoms with Crippen LogP contribution in [-0.4, -0.2) is 31.2 Å². The lowest BCUT2D eigenvalue weighted by Crippen LogP contribution is -2.52. The van der Waals surface area contributed by atoms with Gasteiger partial charge >= 0.3 is 6.18 Å². The fourth-order valence-electron chi connectivity index (χ4n) is 1.88. The van der Waals surface area contributed by atoms with Crippen LogP contribution in [0.4, 0.5) is 18.9 Å². The molecule has 0 aromatic heterocycles. The van der Waals surface area contributed by atoms with Gasteiger partial charge in [-0.1, -0.05) is 29.8 Å². The first-order valence-corrected chi connectivity index (χ1v) is 8.94. The fourth-order valence-corrected chi connectivity index (χ4v) is 3.35. The molecule has 5 nitrogen and oxygen atoms in total. The first kappa shape index (κ1) is 20.2. The molecule has 0 aliphatic rings. The fraction of sp³-hybridized carbons (Fsp3) is 0.188. The van der Waals surface area contributed by atoms with Gasteiger partial charge in [0, 0.05) is 0 Å². The van der Waals surface area contributed by atoms with E-state index in [1.807, 2.05) is 5.32 Å². The van der Waals surface area contributed by atoms with Gasteiger partial charge in [-0.3, -0.25) is 4.79 Å². The molecule has 0 radical (unpaired) electrons. The van der Waals surface area contributed by atoms with Crippen LogP contribution in [0.5, 0.6) is 0 Å². The van der Waals surface area contributed by atoms with Crippen LogP contribution in [0.2, 0.25) is 5.02 Å². The van der Waals surface area contributed by atoms with E-state index in [2.05, 4.69) is 0 Å². The van der Waals surface area contributed by atoms with Gasteiger partial charge in [-0.2, -0.15) is 13.2 Å². The number of carbonyl (C=O) groups is 1. The molecule has 10 heteroatoms. The summed E-state index contributed by atoms with van der Waals surface area (Å²) in [7, 11) is -3.97. The van der Waals surface area contributed by atoms with Gasteiger partial charge in [0.15, 0.2) is 0 Å². The number of alkyl halides is 3. The van der Waals surface area contributed by atoms with E-state index in [0.717, 1.165) is 18.2 Å². The third-order valence-electron chi connectivity index (χ3n) is 3.54. The zero-order valence-corrected chi connectivity index (χ0v) is 14.8. The number of rotatable bonds is 4. The minimum atomic E-state index is -5.22. The molecule has 0 spiro atoms. The molecule has 0 heterocycles. The maximum Gasteiger partial charge on any atom is 0.426 e. The van der Waals surface area contributed by atoms with Gasteiger partial charge in [0.05, 0.1) is 20.5 Å². The highest BCUT2D eigenvalue weighted by Gasteiger charge is 2.55. The van der Waals surface area contributed by atoms with Crippen molar-refractivity contribution in [3.8, 4) is 0 Å². The number of anilines is 1. The molecule has 140 valence electrons. The van der Waals surface area contributed by atoms with E-state index in [1.165, 1.54) is 24.3 Å². The predicted molar refractivity (Wildman–Crippen MR) is 88.7 cm³/mol. The molecule has 0 bridgehead atoms. The Morgan fingerprint density at radius 1 is 1.08 bits per heavy atom. The highest BCUT2D eigenvalue weighted by Crippen LogP contribution is 2.33. The molecule has 0 saturated carbocycles. The van der Waals surface area contributed by atoms with E-state index in [0.29, 0.717) is 0 Å². The molecule has 1 unspecified atom stereocenters. The molecular formula is C16H13ClF3NO4S. The lowest BCUT2D eigenvalue weighted by Gasteiger charge is -2.25. The average molecular weight is 408 g/mol. The van der Waals surface area contributed by atoms with Gasteiger partial charge in [-0.15, -0.1) is 0 Å². The number of aliphatic hydroxyl groups is 1. The molecule has 2 rings (SSSR count). The van der Waals surface area contributed by atoms with E-state index in [9.17, 15) is 31.5 Å². The van der Waals surface area contributed by atoms with E-state index in [-0.39, 0.29) is 27.4 Å². The standard InChI is InChI=1S/C16H13ClF3NO4S/c1-15(23,16(18,19)20)14(22)21-13-9-11(7-8-12(13)17)26(24,25)10-5-3-2-4-6-10/h2-9,23H,1H3,(H,21,22). The van der Waals surface area contributed by atoms with Gasteiger partial charge in [-0.25, -0.2) is 8.42 Å². The van der Waals surface area contributed by atoms with Gasteiger partial charge in [0.1, 0.15) is 0 Å². The van der Waals surface area contributed by atoms with Crippen LogP contribution >= 0.6 is 11.6 Å². The summed E-state index contributed by atoms with van der Waals surface area (Å²) < 4.78 is 63.3. The third-order valence-corrected chi connectivity index (χ3v) is 5.64. The van der Waals surface area contributed by atoms with Crippen molar-refractivity contribution in [2.24, 2.45) is 0 Å². The van der Waals surface area contributed by atoms with Gasteiger partial charge in [0.2, 0.25) is 15.4 Å². The highest BCUT2D eigenvalue weighted by molar-refractivity contribution is 7.91. The lowest BCUT2D eigenvalue weighted by atomic mass is 10.1. The van der Waals surface area contributed by atoms with Crippen LogP contribution < -0.4 is 5.32 Å². The second-order valence-electron chi connectivity index (χ2n) is 5.48. The van der Waals surface area contributed by atoms with Crippen molar-refractivity contribution >= 4 is 33.0 Å². The monoisotopic (exact) mass is 407 g/mol. The molecule has 2 aromatic carbocycles. The van der Waals surface area contributed by atoms with E-state index < -0.39 is 27.5 Å². The van der Waals surface area contributed by atoms with Crippen molar-refractivity contribution in [1.82, 2.24) is 0 Å². The SMILES string of the molecule is CC(O)(C(=O)Nc1cc(S(=O)(=O)c2ccccc2)ccc1Cl)C(F)(F)F. The van der Waals surface area contributed by atoms with Crippen LogP contribution in [0.15, 0.2) is 58.3 Å². The van der Waals surface area contributed by atoms with Crippen LogP contribution in [-0.2, 0) is 14.6 Å². The number of sulfone groups is 1. The minimum Gasteiger partial charge on any atom is -0.373 e. The number of carbonyl (C=O) groups excluding carboxylic acids is 1. The molecule has 1 atom stereocenters. The number of hydrogen-bond acceptors (Lipinski definition) is 4. The summed E-state index contributed by atoms with van der Waals surface area (Å²) in [5.41, 5.74) is -4.05. The Hall–Kier alpha value is -2.10. The Kier molecular flexibility index (Phi) is 5.36. The largest absolute Gasteiger partial charge is 0.426 e. The number of hydrogen-bond donors (Lipinski definition) is 2. The zero-order valence-electron chi connectivity index (χ0n) is 13.2. The second kappa shape index (κ2) is 6.90. The molecule has 0 aliphatic heterocycles. The summed E-state index contributed by atoms with van der Waals surface area (Å²) in [6.45, 7) is 0.279. The van der Waals surface area contributed by atoms with Crippen molar-refractivity contribution in [1.29, 1.82) is 0 Å². The van der Waals surface area contributed by atoms with Gasteiger partial charge in [-0.05, 0) is 37.3 Å². The molecule has 0 fully saturated rings. The Labute approximate surface area is 152 Å². The Balaban J connectivity index is 2.42. The van der Waals surface area contributed by atoms with Crippen LogP contribution in [0.3, 0.4) is 0 Å². The summed E-state index contributed by atoms with van der Waals surface area (Å²) in [6, 6.07) is 10.5. The second-order valence-corrected chi connectivity index (χ2v) is 7.84. The van der Waals surface area contributed by atoms with Gasteiger partial charge in [0.25, 0.3) is 5.91 Å². The van der Waals surface area contributed by atoms with Crippen molar-refractivity contribution in [2.45, 2.75) is 28.5 Å². The summed E-state index contributed by atoms with van der Waals surface area (Å²) in [6.07, 6.45) is -5.22. The topological polar surface area (TPSA) is 83.5 Å². The number of nitrogens with one attached hydrogen (secondary N) is 1. The molecule has 1 amide bonds. The number of halogens is 4. The lowest BCUT2D eigenvalue weighted by molar-refractivity contribution is -0.242. The smallest absolute Gasteiger partial charge is 0.373 e. The van der Waals surface area contributed by atoms with Crippen LogP contribution in [0.25, 0.3) is 0 Å². The number of benzene rings is 2. The van der Waals surface area contributed by atoms with Crippen molar-refractivity contribution in [2.75, 3.05) is 5.32 Å². The Morgan fingerprint density at radius 2 is 1.65 bits per heavy atom. The third kappa shape index (κ3) is 3.84. The van der Waals surface area contributed by atoms with E-state index in [4.69, 9.17) is 11.6 Å². The molecule has 2 aromatic rings. The molecule has 2 N–H and O–H groups in total. The molecule has 0 saturated heterocycles. The predicted octanol–water partition coefficient (Wildman–Crippen LogP) is 3.42. The van der Waals surface area contributed by atoms with E-state index in [1.54, 1.807) is 6.07 Å². The van der Waals surface area contributed by atoms with Crippen LogP contribution in [0, 0.1) is 0 Å². The average Bonchev–Trinajstić information content (AvgIpc) is 2.56. The summed E-state index contributed by atoms with van der Waals surface area (Å²) >= 11 is 5.83. The van der Waals surface area contributed by atoms with Crippen molar-refractivity contribution in [3.63, 3.8) is 0 Å². The zero-order chi connectivity index (χ0) is 19.8. The van der Waals surface area contributed by atoms with Crippen molar-refractivity contribution < 1.29 is 31.5 Å². The normalized spacial score (nSPS) is 14.5. The maximum absolute atomic E-state index is 12.7. The van der Waals surface area contributed by atoms with Gasteiger partial charge < -0.3 is 10.4 Å². The summed E-state index contributed by atoms with van der Waals surface area (Å²) in [5, 5.41) is 11.0. The maximum atomic E-state index is 12.7. The first-order valence-electron chi connectivity index (χ1n) is 7.07. The number of amides is 1. The summed E-state index contributed by atoms with van der Waals surface area (Å²) in [5.74, 6) is -1.79. The summed E-state index contributed by atoms with van der Waals surface area (Å²) in [4.78, 5) is 11.5. The highest BCUT2D eigenvalue weighted by atomic mass is 35.5. The van der Waals surface area contributed by atoms with Crippen LogP contribution in [0.1, 0.15) is 6.92 Å². The van der Waals surface area contributed by atoms with Crippen molar-refractivity contribution in [3.05, 3.63) is 53.6 Å². The quantitative estimate of drug-likeness (QED) is 0.813. The van der Waals surface area contributed by atoms with E-state index >= 15 is 0 Å². The Morgan fingerprint density at radius 3 is 2.19 bits per heavy atom.